The highest BCUT2D eigenvalue weighted by atomic mass is 16.4. The van der Waals surface area contributed by atoms with Crippen LogP contribution in [0, 0.1) is 11.8 Å². The van der Waals surface area contributed by atoms with E-state index in [2.05, 4.69) is 4.98 Å². The zero-order valence-electron chi connectivity index (χ0n) is 16.5. The Balaban J connectivity index is 1.96. The molecule has 0 amide bonds. The van der Waals surface area contributed by atoms with Gasteiger partial charge in [0.05, 0.1) is 5.92 Å². The van der Waals surface area contributed by atoms with Crippen LogP contribution in [0.5, 0.6) is 0 Å². The van der Waals surface area contributed by atoms with Gasteiger partial charge in [0.25, 0.3) is 5.56 Å². The summed E-state index contributed by atoms with van der Waals surface area (Å²) in [5.41, 5.74) is -0.570. The van der Waals surface area contributed by atoms with Crippen molar-refractivity contribution in [3.63, 3.8) is 0 Å². The summed E-state index contributed by atoms with van der Waals surface area (Å²) in [5.74, 6) is -0.523. The first-order valence-electron chi connectivity index (χ1n) is 10.4. The molecule has 2 aromatic rings. The van der Waals surface area contributed by atoms with Crippen molar-refractivity contribution in [1.82, 2.24) is 19.1 Å². The number of hydrogen-bond acceptors (Lipinski definition) is 4. The Kier molecular flexibility index (Phi) is 4.67. The van der Waals surface area contributed by atoms with Crippen LogP contribution in [-0.4, -0.2) is 30.2 Å². The fourth-order valence-corrected chi connectivity index (χ4v) is 5.56. The number of carbonyl (C=O) groups is 1. The molecule has 3 unspecified atom stereocenters. The van der Waals surface area contributed by atoms with Crippen LogP contribution < -0.4 is 11.2 Å². The molecule has 2 saturated carbocycles. The molecule has 2 aromatic heterocycles. The van der Waals surface area contributed by atoms with Crippen molar-refractivity contribution in [2.24, 2.45) is 11.8 Å². The molecule has 3 atom stereocenters. The summed E-state index contributed by atoms with van der Waals surface area (Å²) >= 11 is 0. The molecule has 4 rings (SSSR count). The molecule has 2 heterocycles. The lowest BCUT2D eigenvalue weighted by atomic mass is 9.66. The van der Waals surface area contributed by atoms with Crippen LogP contribution in [0.1, 0.15) is 64.6 Å². The van der Waals surface area contributed by atoms with E-state index in [0.29, 0.717) is 36.5 Å². The SMILES string of the molecule is CCCn1c(=O)c2[nH]c(C34CCCC(CC3)C4C(=O)O)nc2n(CCC)c1=O. The summed E-state index contributed by atoms with van der Waals surface area (Å²) < 4.78 is 2.83. The highest BCUT2D eigenvalue weighted by Gasteiger charge is 2.56. The van der Waals surface area contributed by atoms with Gasteiger partial charge in [0.2, 0.25) is 0 Å². The minimum atomic E-state index is -0.781. The fourth-order valence-electron chi connectivity index (χ4n) is 5.56. The molecule has 0 aliphatic heterocycles. The maximum Gasteiger partial charge on any atom is 0.332 e. The second-order valence-corrected chi connectivity index (χ2v) is 8.34. The average Bonchev–Trinajstić information content (AvgIpc) is 3.21. The van der Waals surface area contributed by atoms with Crippen molar-refractivity contribution >= 4 is 17.1 Å². The quantitative estimate of drug-likeness (QED) is 0.789. The van der Waals surface area contributed by atoms with E-state index in [4.69, 9.17) is 4.98 Å². The number of fused-ring (bicyclic) bond motifs is 3. The minimum absolute atomic E-state index is 0.161. The van der Waals surface area contributed by atoms with Crippen LogP contribution in [0.4, 0.5) is 0 Å². The number of aromatic nitrogens is 4. The summed E-state index contributed by atoms with van der Waals surface area (Å²) in [7, 11) is 0. The summed E-state index contributed by atoms with van der Waals surface area (Å²) in [6, 6.07) is 0. The van der Waals surface area contributed by atoms with E-state index in [0.717, 1.165) is 38.5 Å². The van der Waals surface area contributed by atoms with Crippen molar-refractivity contribution in [3.8, 4) is 0 Å². The van der Waals surface area contributed by atoms with E-state index >= 15 is 0 Å². The van der Waals surface area contributed by atoms with Crippen LogP contribution in [0.25, 0.3) is 11.2 Å². The zero-order valence-corrected chi connectivity index (χ0v) is 16.5. The van der Waals surface area contributed by atoms with Crippen molar-refractivity contribution in [3.05, 3.63) is 26.7 Å². The molecule has 2 fully saturated rings. The van der Waals surface area contributed by atoms with E-state index < -0.39 is 17.3 Å². The number of carboxylic acid groups (broad SMARTS) is 1. The van der Waals surface area contributed by atoms with Crippen molar-refractivity contribution in [1.29, 1.82) is 0 Å². The second kappa shape index (κ2) is 6.90. The molecule has 0 radical (unpaired) electrons. The summed E-state index contributed by atoms with van der Waals surface area (Å²) in [6.45, 7) is 4.73. The molecule has 152 valence electrons. The maximum atomic E-state index is 13.0. The topological polar surface area (TPSA) is 110 Å². The smallest absolute Gasteiger partial charge is 0.332 e. The molecule has 2 aliphatic carbocycles. The number of rotatable bonds is 6. The Morgan fingerprint density at radius 2 is 1.89 bits per heavy atom. The van der Waals surface area contributed by atoms with Crippen LogP contribution in [0.3, 0.4) is 0 Å². The van der Waals surface area contributed by atoms with Gasteiger partial charge < -0.3 is 10.1 Å². The van der Waals surface area contributed by atoms with E-state index in [1.807, 2.05) is 13.8 Å². The van der Waals surface area contributed by atoms with Gasteiger partial charge in [-0.05, 0) is 44.4 Å². The molecule has 8 heteroatoms. The zero-order chi connectivity index (χ0) is 20.1. The highest BCUT2D eigenvalue weighted by Crippen LogP contribution is 2.56. The Hall–Kier alpha value is -2.38. The normalized spacial score (nSPS) is 26.8. The standard InChI is InChI=1S/C20H28N4O4/c1-3-10-23-15-14(16(25)24(11-4-2)19(23)28)21-18(22-15)20-8-5-6-12(7-9-20)13(20)17(26)27/h12-13H,3-11H2,1-2H3,(H,21,22)(H,26,27). The van der Waals surface area contributed by atoms with Crippen molar-refractivity contribution in [2.45, 2.75) is 77.3 Å². The summed E-state index contributed by atoms with van der Waals surface area (Å²) in [4.78, 5) is 45.8. The lowest BCUT2D eigenvalue weighted by molar-refractivity contribution is -0.146. The first-order chi connectivity index (χ1) is 13.4. The second-order valence-electron chi connectivity index (χ2n) is 8.34. The number of imidazole rings is 1. The first-order valence-corrected chi connectivity index (χ1v) is 10.4. The monoisotopic (exact) mass is 388 g/mol. The molecule has 2 N–H and O–H groups in total. The number of aromatic amines is 1. The van der Waals surface area contributed by atoms with E-state index in [1.165, 1.54) is 4.57 Å². The van der Waals surface area contributed by atoms with Crippen LogP contribution in [0.2, 0.25) is 0 Å². The van der Waals surface area contributed by atoms with Crippen LogP contribution in [0.15, 0.2) is 9.59 Å². The number of H-pyrrole nitrogens is 1. The van der Waals surface area contributed by atoms with Gasteiger partial charge in [0, 0.05) is 18.5 Å². The molecular weight excluding hydrogens is 360 g/mol. The molecule has 2 bridgehead atoms. The number of aryl methyl sites for hydroxylation is 1. The first kappa shape index (κ1) is 19.0. The molecule has 0 aromatic carbocycles. The van der Waals surface area contributed by atoms with Crippen LogP contribution >= 0.6 is 0 Å². The number of nitrogens with zero attached hydrogens (tertiary/aromatic N) is 3. The van der Waals surface area contributed by atoms with Gasteiger partial charge in [-0.2, -0.15) is 0 Å². The fraction of sp³-hybridized carbons (Fsp3) is 0.700. The third-order valence-corrected chi connectivity index (χ3v) is 6.72. The Morgan fingerprint density at radius 1 is 1.18 bits per heavy atom. The number of carboxylic acids is 1. The maximum absolute atomic E-state index is 13.0. The molecule has 0 saturated heterocycles. The van der Waals surface area contributed by atoms with Gasteiger partial charge >= 0.3 is 11.7 Å². The van der Waals surface area contributed by atoms with Gasteiger partial charge in [0.1, 0.15) is 11.3 Å². The Bertz CT molecular complexity index is 1030. The molecule has 0 spiro atoms. The largest absolute Gasteiger partial charge is 0.481 e. The van der Waals surface area contributed by atoms with Gasteiger partial charge in [-0.1, -0.05) is 20.3 Å². The Morgan fingerprint density at radius 3 is 2.57 bits per heavy atom. The lowest BCUT2D eigenvalue weighted by Crippen LogP contribution is -2.42. The minimum Gasteiger partial charge on any atom is -0.481 e. The number of aliphatic carboxylic acids is 1. The number of hydrogen-bond donors (Lipinski definition) is 2. The molecular formula is C20H28N4O4. The summed E-state index contributed by atoms with van der Waals surface area (Å²) in [6.07, 6.45) is 5.70. The van der Waals surface area contributed by atoms with Gasteiger partial charge in [-0.3, -0.25) is 18.7 Å². The third kappa shape index (κ3) is 2.57. The average molecular weight is 388 g/mol. The van der Waals surface area contributed by atoms with Gasteiger partial charge in [-0.15, -0.1) is 0 Å². The summed E-state index contributed by atoms with van der Waals surface area (Å²) in [5, 5.41) is 9.91. The van der Waals surface area contributed by atoms with Gasteiger partial charge in [0.15, 0.2) is 5.65 Å². The van der Waals surface area contributed by atoms with Gasteiger partial charge in [-0.25, -0.2) is 9.78 Å². The number of nitrogens with one attached hydrogen (secondary N) is 1. The lowest BCUT2D eigenvalue weighted by Gasteiger charge is -2.37. The van der Waals surface area contributed by atoms with Crippen molar-refractivity contribution in [2.75, 3.05) is 0 Å². The molecule has 28 heavy (non-hydrogen) atoms. The van der Waals surface area contributed by atoms with E-state index in [9.17, 15) is 19.5 Å². The van der Waals surface area contributed by atoms with Crippen molar-refractivity contribution < 1.29 is 9.90 Å². The van der Waals surface area contributed by atoms with E-state index in [1.54, 1.807) is 4.57 Å². The highest BCUT2D eigenvalue weighted by molar-refractivity contribution is 5.75. The predicted molar refractivity (Wildman–Crippen MR) is 105 cm³/mol. The van der Waals surface area contributed by atoms with Crippen LogP contribution in [-0.2, 0) is 23.3 Å². The molecule has 2 aliphatic rings. The van der Waals surface area contributed by atoms with E-state index in [-0.39, 0.29) is 17.2 Å². The Labute approximate surface area is 162 Å². The predicted octanol–water partition coefficient (Wildman–Crippen LogP) is 2.24. The third-order valence-electron chi connectivity index (χ3n) is 6.72. The molecule has 8 nitrogen and oxygen atoms in total.